The minimum atomic E-state index is -1.10. The van der Waals surface area contributed by atoms with Gasteiger partial charge in [-0.1, -0.05) is 62.4 Å². The second-order valence-corrected chi connectivity index (χ2v) is 9.04. The first-order chi connectivity index (χ1) is 17.8. The van der Waals surface area contributed by atoms with E-state index in [1.807, 2.05) is 44.2 Å². The van der Waals surface area contributed by atoms with E-state index in [1.54, 1.807) is 48.5 Å². The third kappa shape index (κ3) is 5.29. The largest absolute Gasteiger partial charge is 0.493 e. The van der Waals surface area contributed by atoms with E-state index in [0.717, 1.165) is 10.5 Å². The fourth-order valence-corrected chi connectivity index (χ4v) is 4.24. The number of nitrogens with zero attached hydrogens (tertiary/aromatic N) is 2. The molecule has 0 aliphatic carbocycles. The van der Waals surface area contributed by atoms with Crippen LogP contribution >= 0.6 is 0 Å². The summed E-state index contributed by atoms with van der Waals surface area (Å²) in [5, 5.41) is 9.61. The number of carbonyl (C=O) groups excluding carboxylic acids is 3. The maximum absolute atomic E-state index is 13.4. The first kappa shape index (κ1) is 25.4. The molecular formula is C30H26N2O5. The minimum Gasteiger partial charge on any atom is -0.493 e. The van der Waals surface area contributed by atoms with Crippen molar-refractivity contribution in [2.24, 2.45) is 5.92 Å². The Morgan fingerprint density at radius 1 is 0.946 bits per heavy atom. The number of allylic oxidation sites excluding steroid dienone is 1. The predicted molar refractivity (Wildman–Crippen MR) is 139 cm³/mol. The Hall–Kier alpha value is -4.70. The van der Waals surface area contributed by atoms with Gasteiger partial charge in [-0.05, 0) is 53.8 Å². The third-order valence-electron chi connectivity index (χ3n) is 6.02. The summed E-state index contributed by atoms with van der Waals surface area (Å²) in [4.78, 5) is 40.4. The molecule has 0 fully saturated rings. The topological polar surface area (TPSA) is 96.7 Å². The summed E-state index contributed by atoms with van der Waals surface area (Å²) >= 11 is 0. The summed E-state index contributed by atoms with van der Waals surface area (Å²) < 4.78 is 11.1. The molecule has 0 bridgehead atoms. The highest BCUT2D eigenvalue weighted by Gasteiger charge is 2.43. The van der Waals surface area contributed by atoms with Gasteiger partial charge in [-0.3, -0.25) is 14.5 Å². The summed E-state index contributed by atoms with van der Waals surface area (Å²) in [7, 11) is 1.44. The summed E-state index contributed by atoms with van der Waals surface area (Å²) in [6.45, 7) is 3.80. The Labute approximate surface area is 215 Å². The zero-order valence-electron chi connectivity index (χ0n) is 20.8. The summed E-state index contributed by atoms with van der Waals surface area (Å²) in [6, 6.07) is 21.8. The zero-order chi connectivity index (χ0) is 26.5. The average molecular weight is 495 g/mol. The van der Waals surface area contributed by atoms with Gasteiger partial charge in [0.1, 0.15) is 6.04 Å². The highest BCUT2D eigenvalue weighted by Crippen LogP contribution is 2.32. The Morgan fingerprint density at radius 2 is 1.57 bits per heavy atom. The number of benzene rings is 3. The molecule has 1 atom stereocenters. The molecule has 0 saturated heterocycles. The van der Waals surface area contributed by atoms with Crippen LogP contribution in [0.25, 0.3) is 11.6 Å². The Kier molecular flexibility index (Phi) is 7.49. The van der Waals surface area contributed by atoms with E-state index in [0.29, 0.717) is 11.1 Å². The lowest BCUT2D eigenvalue weighted by Crippen LogP contribution is -2.47. The zero-order valence-corrected chi connectivity index (χ0v) is 20.8. The molecule has 1 aliphatic rings. The summed E-state index contributed by atoms with van der Waals surface area (Å²) in [5.41, 5.74) is 2.46. The predicted octanol–water partition coefficient (Wildman–Crippen LogP) is 5.38. The molecule has 2 amide bonds. The van der Waals surface area contributed by atoms with Crippen molar-refractivity contribution in [1.29, 1.82) is 5.26 Å². The molecule has 3 aromatic rings. The van der Waals surface area contributed by atoms with E-state index in [9.17, 15) is 19.6 Å². The molecule has 3 aromatic carbocycles. The van der Waals surface area contributed by atoms with Crippen LogP contribution in [0.4, 0.5) is 0 Å². The van der Waals surface area contributed by atoms with Crippen LogP contribution in [-0.2, 0) is 4.79 Å². The van der Waals surface area contributed by atoms with E-state index >= 15 is 0 Å². The molecule has 7 heteroatoms. The van der Waals surface area contributed by atoms with Crippen LogP contribution in [0.3, 0.4) is 0 Å². The Bertz CT molecular complexity index is 1380. The van der Waals surface area contributed by atoms with Gasteiger partial charge in [-0.2, -0.15) is 5.26 Å². The number of amides is 2. The van der Waals surface area contributed by atoms with Gasteiger partial charge in [-0.15, -0.1) is 0 Å². The SMILES string of the molecule is COc1cc(C=C(C#N)c2ccccc2)ccc1OC(=O)C(CC(C)C)N1C(=O)c2ccccc2C1=O. The lowest BCUT2D eigenvalue weighted by atomic mass is 10.0. The fraction of sp³-hybridized carbons (Fsp3) is 0.200. The van der Waals surface area contributed by atoms with Gasteiger partial charge in [0.05, 0.1) is 29.9 Å². The Morgan fingerprint density at radius 3 is 2.14 bits per heavy atom. The number of hydrogen-bond acceptors (Lipinski definition) is 6. The second-order valence-electron chi connectivity index (χ2n) is 9.04. The van der Waals surface area contributed by atoms with Gasteiger partial charge < -0.3 is 9.47 Å². The molecule has 0 spiro atoms. The number of fused-ring (bicyclic) bond motifs is 1. The molecule has 1 heterocycles. The first-order valence-electron chi connectivity index (χ1n) is 11.9. The highest BCUT2D eigenvalue weighted by molar-refractivity contribution is 6.22. The van der Waals surface area contributed by atoms with E-state index in [-0.39, 0.29) is 35.0 Å². The number of hydrogen-bond donors (Lipinski definition) is 0. The third-order valence-corrected chi connectivity index (χ3v) is 6.02. The van der Waals surface area contributed by atoms with Crippen molar-refractivity contribution in [1.82, 2.24) is 4.90 Å². The van der Waals surface area contributed by atoms with Gasteiger partial charge in [0.25, 0.3) is 11.8 Å². The number of esters is 1. The second kappa shape index (κ2) is 10.9. The Balaban J connectivity index is 1.61. The van der Waals surface area contributed by atoms with Crippen molar-refractivity contribution < 1.29 is 23.9 Å². The molecule has 37 heavy (non-hydrogen) atoms. The van der Waals surface area contributed by atoms with Crippen molar-refractivity contribution in [2.75, 3.05) is 7.11 Å². The number of imide groups is 1. The van der Waals surface area contributed by atoms with Crippen molar-refractivity contribution in [3.8, 4) is 17.6 Å². The maximum atomic E-state index is 13.4. The van der Waals surface area contributed by atoms with E-state index in [4.69, 9.17) is 9.47 Å². The lowest BCUT2D eigenvalue weighted by Gasteiger charge is -2.26. The molecule has 1 unspecified atom stereocenters. The molecule has 186 valence electrons. The van der Waals surface area contributed by atoms with Gasteiger partial charge in [-0.25, -0.2) is 4.79 Å². The summed E-state index contributed by atoms with van der Waals surface area (Å²) in [6.07, 6.45) is 1.96. The van der Waals surface area contributed by atoms with Crippen molar-refractivity contribution in [3.63, 3.8) is 0 Å². The van der Waals surface area contributed by atoms with Gasteiger partial charge >= 0.3 is 5.97 Å². The van der Waals surface area contributed by atoms with Crippen LogP contribution < -0.4 is 9.47 Å². The van der Waals surface area contributed by atoms with Crippen LogP contribution in [0, 0.1) is 17.2 Å². The average Bonchev–Trinajstić information content (AvgIpc) is 3.16. The monoisotopic (exact) mass is 494 g/mol. The fourth-order valence-electron chi connectivity index (χ4n) is 4.24. The van der Waals surface area contributed by atoms with Gasteiger partial charge in [0.2, 0.25) is 0 Å². The molecule has 4 rings (SSSR count). The number of methoxy groups -OCH3 is 1. The van der Waals surface area contributed by atoms with Crippen LogP contribution in [0.15, 0.2) is 72.8 Å². The van der Waals surface area contributed by atoms with Crippen molar-refractivity contribution >= 4 is 29.4 Å². The molecule has 0 N–H and O–H groups in total. The maximum Gasteiger partial charge on any atom is 0.334 e. The standard InChI is InChI=1S/C30H26N2O5/c1-19(2)15-25(32-28(33)23-11-7-8-12-24(23)29(32)34)30(35)37-26-14-13-20(17-27(26)36-3)16-22(18-31)21-9-5-4-6-10-21/h4-14,16-17,19,25H,15H2,1-3H3. The number of ether oxygens (including phenoxy) is 2. The first-order valence-corrected chi connectivity index (χ1v) is 11.9. The number of carbonyl (C=O) groups is 3. The quantitative estimate of drug-likeness (QED) is 0.137. The molecule has 1 aliphatic heterocycles. The van der Waals surface area contributed by atoms with Crippen LogP contribution in [0.1, 0.15) is 52.1 Å². The molecule has 7 nitrogen and oxygen atoms in total. The normalized spacial score (nSPS) is 13.8. The van der Waals surface area contributed by atoms with Crippen molar-refractivity contribution in [3.05, 3.63) is 95.1 Å². The van der Waals surface area contributed by atoms with Crippen molar-refractivity contribution in [2.45, 2.75) is 26.3 Å². The molecular weight excluding hydrogens is 468 g/mol. The van der Waals surface area contributed by atoms with Gasteiger partial charge in [0, 0.05) is 0 Å². The summed E-state index contributed by atoms with van der Waals surface area (Å²) in [5.74, 6) is -1.32. The minimum absolute atomic E-state index is 0.0126. The van der Waals surface area contributed by atoms with Crippen LogP contribution in [0.5, 0.6) is 11.5 Å². The molecule has 0 saturated carbocycles. The number of rotatable bonds is 8. The highest BCUT2D eigenvalue weighted by atomic mass is 16.6. The van der Waals surface area contributed by atoms with Crippen LogP contribution in [-0.4, -0.2) is 35.8 Å². The molecule has 0 aromatic heterocycles. The van der Waals surface area contributed by atoms with E-state index in [1.165, 1.54) is 7.11 Å². The lowest BCUT2D eigenvalue weighted by molar-refractivity contribution is -0.139. The van der Waals surface area contributed by atoms with E-state index in [2.05, 4.69) is 6.07 Å². The molecule has 0 radical (unpaired) electrons. The number of nitriles is 1. The van der Waals surface area contributed by atoms with E-state index < -0.39 is 23.8 Å². The van der Waals surface area contributed by atoms with Crippen LogP contribution in [0.2, 0.25) is 0 Å². The van der Waals surface area contributed by atoms with Gasteiger partial charge in [0.15, 0.2) is 11.5 Å². The smallest absolute Gasteiger partial charge is 0.334 e.